The van der Waals surface area contributed by atoms with Gasteiger partial charge in [-0.15, -0.1) is 0 Å². The largest absolute Gasteiger partial charge is 0.368 e. The predicted molar refractivity (Wildman–Crippen MR) is 94.7 cm³/mol. The Morgan fingerprint density at radius 2 is 1.72 bits per heavy atom. The van der Waals surface area contributed by atoms with Crippen LogP contribution >= 0.6 is 0 Å². The quantitative estimate of drug-likeness (QED) is 0.783. The summed E-state index contributed by atoms with van der Waals surface area (Å²) < 4.78 is 0. The van der Waals surface area contributed by atoms with Gasteiger partial charge in [-0.05, 0) is 16.5 Å². The first-order chi connectivity index (χ1) is 12.1. The molecule has 0 unspecified atom stereocenters. The molecular formula is C20H17N3O2. The fraction of sp³-hybridized carbons (Fsp3) is 0.150. The molecule has 2 amide bonds. The highest BCUT2D eigenvalue weighted by molar-refractivity contribution is 6.07. The molecule has 2 heterocycles. The van der Waals surface area contributed by atoms with Crippen molar-refractivity contribution < 1.29 is 9.59 Å². The lowest BCUT2D eigenvalue weighted by Gasteiger charge is -2.35. The highest BCUT2D eigenvalue weighted by atomic mass is 16.2. The van der Waals surface area contributed by atoms with Crippen molar-refractivity contribution in [3.8, 4) is 0 Å². The molecule has 1 aliphatic heterocycles. The molecule has 0 aliphatic carbocycles. The standard InChI is InChI=1S/C20H17N3O2/c21-19(24)18-9-13-5-1-2-7-15(13)12-23(18)20(25)17-11-22-10-14-6-3-4-8-16(14)17/h1-8,10-11,18H,9,12H2,(H2,21,24)/t18-/m0/s1. The molecule has 0 saturated carbocycles. The fourth-order valence-electron chi connectivity index (χ4n) is 3.43. The number of aromatic nitrogens is 1. The van der Waals surface area contributed by atoms with Gasteiger partial charge in [0.05, 0.1) is 5.56 Å². The van der Waals surface area contributed by atoms with E-state index < -0.39 is 11.9 Å². The molecule has 0 fully saturated rings. The molecule has 2 aromatic carbocycles. The van der Waals surface area contributed by atoms with Crippen LogP contribution in [0.1, 0.15) is 21.5 Å². The number of carbonyl (C=O) groups excluding carboxylic acids is 2. The Bertz CT molecular complexity index is 978. The lowest BCUT2D eigenvalue weighted by Crippen LogP contribution is -2.51. The molecule has 5 nitrogen and oxygen atoms in total. The van der Waals surface area contributed by atoms with Crippen LogP contribution < -0.4 is 5.73 Å². The van der Waals surface area contributed by atoms with Crippen LogP contribution in [0.4, 0.5) is 0 Å². The van der Waals surface area contributed by atoms with E-state index in [4.69, 9.17) is 5.73 Å². The van der Waals surface area contributed by atoms with Crippen molar-refractivity contribution in [2.45, 2.75) is 19.0 Å². The second-order valence-electron chi connectivity index (χ2n) is 6.23. The van der Waals surface area contributed by atoms with Crippen LogP contribution in [0.15, 0.2) is 60.9 Å². The van der Waals surface area contributed by atoms with Crippen LogP contribution in [-0.4, -0.2) is 27.7 Å². The number of primary amides is 1. The summed E-state index contributed by atoms with van der Waals surface area (Å²) in [6, 6.07) is 14.8. The molecule has 0 spiro atoms. The summed E-state index contributed by atoms with van der Waals surface area (Å²) >= 11 is 0. The van der Waals surface area contributed by atoms with Gasteiger partial charge in [0.15, 0.2) is 0 Å². The van der Waals surface area contributed by atoms with Crippen molar-refractivity contribution >= 4 is 22.6 Å². The monoisotopic (exact) mass is 331 g/mol. The first kappa shape index (κ1) is 15.3. The van der Waals surface area contributed by atoms with Gasteiger partial charge in [-0.25, -0.2) is 0 Å². The molecule has 1 aromatic heterocycles. The molecular weight excluding hydrogens is 314 g/mol. The highest BCUT2D eigenvalue weighted by Gasteiger charge is 2.34. The predicted octanol–water partition coefficient (Wildman–Crippen LogP) is 2.29. The second kappa shape index (κ2) is 6.02. The highest BCUT2D eigenvalue weighted by Crippen LogP contribution is 2.27. The van der Waals surface area contributed by atoms with Gasteiger partial charge in [-0.2, -0.15) is 0 Å². The molecule has 0 saturated heterocycles. The normalized spacial score (nSPS) is 16.5. The number of hydrogen-bond donors (Lipinski definition) is 1. The lowest BCUT2D eigenvalue weighted by atomic mass is 9.92. The van der Waals surface area contributed by atoms with Crippen molar-refractivity contribution in [3.05, 3.63) is 77.6 Å². The number of fused-ring (bicyclic) bond motifs is 2. The zero-order chi connectivity index (χ0) is 17.4. The third-order valence-electron chi connectivity index (χ3n) is 4.74. The molecule has 3 aromatic rings. The maximum absolute atomic E-state index is 13.2. The van der Waals surface area contributed by atoms with Crippen molar-refractivity contribution in [2.24, 2.45) is 5.73 Å². The van der Waals surface area contributed by atoms with E-state index in [-0.39, 0.29) is 5.91 Å². The van der Waals surface area contributed by atoms with Gasteiger partial charge in [0, 0.05) is 30.7 Å². The van der Waals surface area contributed by atoms with E-state index in [2.05, 4.69) is 4.98 Å². The summed E-state index contributed by atoms with van der Waals surface area (Å²) in [7, 11) is 0. The van der Waals surface area contributed by atoms with Crippen molar-refractivity contribution in [2.75, 3.05) is 0 Å². The van der Waals surface area contributed by atoms with Gasteiger partial charge in [-0.1, -0.05) is 48.5 Å². The molecule has 25 heavy (non-hydrogen) atoms. The minimum absolute atomic E-state index is 0.220. The van der Waals surface area contributed by atoms with E-state index >= 15 is 0 Å². The molecule has 0 bridgehead atoms. The number of pyridine rings is 1. The van der Waals surface area contributed by atoms with Gasteiger partial charge in [0.1, 0.15) is 6.04 Å². The summed E-state index contributed by atoms with van der Waals surface area (Å²) in [6.07, 6.45) is 3.72. The minimum Gasteiger partial charge on any atom is -0.368 e. The van der Waals surface area contributed by atoms with Gasteiger partial charge in [0.25, 0.3) is 5.91 Å². The van der Waals surface area contributed by atoms with Crippen LogP contribution in [0.5, 0.6) is 0 Å². The Kier molecular flexibility index (Phi) is 3.69. The molecule has 0 radical (unpaired) electrons. The number of benzene rings is 2. The van der Waals surface area contributed by atoms with Crippen molar-refractivity contribution in [1.82, 2.24) is 9.88 Å². The van der Waals surface area contributed by atoms with Crippen LogP contribution in [0.2, 0.25) is 0 Å². The third-order valence-corrected chi connectivity index (χ3v) is 4.74. The van der Waals surface area contributed by atoms with Gasteiger partial charge in [0.2, 0.25) is 5.91 Å². The average molecular weight is 331 g/mol. The smallest absolute Gasteiger partial charge is 0.257 e. The number of rotatable bonds is 2. The van der Waals surface area contributed by atoms with Crippen molar-refractivity contribution in [3.63, 3.8) is 0 Å². The second-order valence-corrected chi connectivity index (χ2v) is 6.23. The third kappa shape index (κ3) is 2.63. The minimum atomic E-state index is -0.652. The number of carbonyl (C=O) groups is 2. The maximum atomic E-state index is 13.2. The molecule has 1 aliphatic rings. The summed E-state index contributed by atoms with van der Waals surface area (Å²) in [5, 5.41) is 1.71. The van der Waals surface area contributed by atoms with Gasteiger partial charge < -0.3 is 10.6 Å². The molecule has 2 N–H and O–H groups in total. The fourth-order valence-corrected chi connectivity index (χ4v) is 3.43. The lowest BCUT2D eigenvalue weighted by molar-refractivity contribution is -0.122. The van der Waals surface area contributed by atoms with Crippen LogP contribution in [0.3, 0.4) is 0 Å². The van der Waals surface area contributed by atoms with Crippen LogP contribution in [0, 0.1) is 0 Å². The number of nitrogens with zero attached hydrogens (tertiary/aromatic N) is 2. The SMILES string of the molecule is NC(=O)[C@@H]1Cc2ccccc2CN1C(=O)c1cncc2ccccc12. The number of amides is 2. The Morgan fingerprint density at radius 1 is 1.00 bits per heavy atom. The average Bonchev–Trinajstić information content (AvgIpc) is 2.66. The van der Waals surface area contributed by atoms with Crippen LogP contribution in [0.25, 0.3) is 10.8 Å². The van der Waals surface area contributed by atoms with Crippen LogP contribution in [-0.2, 0) is 17.8 Å². The van der Waals surface area contributed by atoms with Crippen molar-refractivity contribution in [1.29, 1.82) is 0 Å². The van der Waals surface area contributed by atoms with E-state index in [1.165, 1.54) is 0 Å². The molecule has 4 rings (SSSR count). The Hall–Kier alpha value is -3.21. The van der Waals surface area contributed by atoms with Gasteiger partial charge >= 0.3 is 0 Å². The Balaban J connectivity index is 1.79. The first-order valence-electron chi connectivity index (χ1n) is 8.15. The van der Waals surface area contributed by atoms with E-state index in [9.17, 15) is 9.59 Å². The molecule has 1 atom stereocenters. The molecule has 5 heteroatoms. The Labute approximate surface area is 145 Å². The molecule has 124 valence electrons. The summed E-state index contributed by atoms with van der Waals surface area (Å²) in [6.45, 7) is 0.367. The first-order valence-corrected chi connectivity index (χ1v) is 8.15. The summed E-state index contributed by atoms with van der Waals surface area (Å²) in [5.41, 5.74) is 8.19. The zero-order valence-electron chi connectivity index (χ0n) is 13.6. The topological polar surface area (TPSA) is 76.3 Å². The number of nitrogens with two attached hydrogens (primary N) is 1. The Morgan fingerprint density at radius 3 is 2.52 bits per heavy atom. The van der Waals surface area contributed by atoms with E-state index in [0.29, 0.717) is 18.5 Å². The van der Waals surface area contributed by atoms with E-state index in [0.717, 1.165) is 21.9 Å². The maximum Gasteiger partial charge on any atom is 0.257 e. The summed E-state index contributed by atoms with van der Waals surface area (Å²) in [4.78, 5) is 30.9. The number of hydrogen-bond acceptors (Lipinski definition) is 3. The summed E-state index contributed by atoms with van der Waals surface area (Å²) in [5.74, 6) is -0.710. The zero-order valence-corrected chi connectivity index (χ0v) is 13.6. The van der Waals surface area contributed by atoms with Gasteiger partial charge in [-0.3, -0.25) is 14.6 Å². The van der Waals surface area contributed by atoms with E-state index in [1.807, 2.05) is 48.5 Å². The van der Waals surface area contributed by atoms with E-state index in [1.54, 1.807) is 17.3 Å².